The van der Waals surface area contributed by atoms with Crippen LogP contribution in [-0.4, -0.2) is 40.7 Å². The summed E-state index contributed by atoms with van der Waals surface area (Å²) in [7, 11) is 0. The average Bonchev–Trinajstić information content (AvgIpc) is 2.68. The molecule has 2 rings (SSSR count). The molecule has 1 heterocycles. The lowest BCUT2D eigenvalue weighted by molar-refractivity contribution is -0.154. The SMILES string of the molecule is CSc1nc(C)c(CCC(=O)O[C@@H](C)C(=O)NCCc2ccc(F)cc2)c(C)n1. The van der Waals surface area contributed by atoms with Crippen LogP contribution < -0.4 is 5.32 Å². The second-order valence-electron chi connectivity index (χ2n) is 6.66. The van der Waals surface area contributed by atoms with Gasteiger partial charge in [-0.2, -0.15) is 0 Å². The maximum Gasteiger partial charge on any atom is 0.306 e. The van der Waals surface area contributed by atoms with Crippen LogP contribution in [-0.2, 0) is 27.2 Å². The minimum atomic E-state index is -0.881. The molecule has 1 amide bonds. The molecule has 29 heavy (non-hydrogen) atoms. The first-order chi connectivity index (χ1) is 13.8. The van der Waals surface area contributed by atoms with Gasteiger partial charge >= 0.3 is 5.97 Å². The van der Waals surface area contributed by atoms with E-state index >= 15 is 0 Å². The molecule has 0 aliphatic rings. The number of halogens is 1. The number of aryl methyl sites for hydroxylation is 2. The summed E-state index contributed by atoms with van der Waals surface area (Å²) in [6.07, 6.45) is 2.21. The van der Waals surface area contributed by atoms with Crippen LogP contribution in [0.3, 0.4) is 0 Å². The van der Waals surface area contributed by atoms with Gasteiger partial charge in [-0.3, -0.25) is 9.59 Å². The molecular weight excluding hydrogens is 393 g/mol. The molecule has 2 aromatic rings. The van der Waals surface area contributed by atoms with Gasteiger partial charge in [-0.15, -0.1) is 0 Å². The van der Waals surface area contributed by atoms with Gasteiger partial charge in [-0.1, -0.05) is 23.9 Å². The molecule has 156 valence electrons. The van der Waals surface area contributed by atoms with E-state index in [2.05, 4.69) is 15.3 Å². The van der Waals surface area contributed by atoms with Gasteiger partial charge in [0.25, 0.3) is 5.91 Å². The van der Waals surface area contributed by atoms with Crippen molar-refractivity contribution >= 4 is 23.6 Å². The third-order valence-electron chi connectivity index (χ3n) is 4.47. The van der Waals surface area contributed by atoms with E-state index in [1.165, 1.54) is 30.8 Å². The van der Waals surface area contributed by atoms with Crippen LogP contribution in [0.4, 0.5) is 4.39 Å². The number of aromatic nitrogens is 2. The maximum absolute atomic E-state index is 12.9. The first-order valence-corrected chi connectivity index (χ1v) is 10.6. The summed E-state index contributed by atoms with van der Waals surface area (Å²) in [6, 6.07) is 6.10. The highest BCUT2D eigenvalue weighted by molar-refractivity contribution is 7.98. The summed E-state index contributed by atoms with van der Waals surface area (Å²) in [5.41, 5.74) is 3.54. The molecule has 8 heteroatoms. The molecule has 0 aliphatic heterocycles. The standard InChI is InChI=1S/C21H26FN3O3S/c1-13-18(14(2)25-21(24-13)29-4)9-10-19(26)28-15(3)20(27)23-12-11-16-5-7-17(22)8-6-16/h5-8,15H,9-12H2,1-4H3,(H,23,27)/t15-/m0/s1. The van der Waals surface area contributed by atoms with Crippen molar-refractivity contribution in [3.05, 3.63) is 52.6 Å². The van der Waals surface area contributed by atoms with E-state index in [1.54, 1.807) is 12.1 Å². The van der Waals surface area contributed by atoms with E-state index in [1.807, 2.05) is 20.1 Å². The van der Waals surface area contributed by atoms with Gasteiger partial charge < -0.3 is 10.1 Å². The van der Waals surface area contributed by atoms with E-state index in [4.69, 9.17) is 4.74 Å². The highest BCUT2D eigenvalue weighted by Gasteiger charge is 2.18. The molecule has 6 nitrogen and oxygen atoms in total. The normalized spacial score (nSPS) is 11.8. The number of hydrogen-bond donors (Lipinski definition) is 1. The largest absolute Gasteiger partial charge is 0.453 e. The number of rotatable bonds is 9. The second-order valence-corrected chi connectivity index (χ2v) is 7.43. The van der Waals surface area contributed by atoms with Gasteiger partial charge in [0.2, 0.25) is 0 Å². The molecule has 0 spiro atoms. The van der Waals surface area contributed by atoms with E-state index in [0.29, 0.717) is 24.5 Å². The van der Waals surface area contributed by atoms with Gasteiger partial charge in [0.05, 0.1) is 0 Å². The monoisotopic (exact) mass is 419 g/mol. The summed E-state index contributed by atoms with van der Waals surface area (Å²) >= 11 is 1.47. The zero-order valence-electron chi connectivity index (χ0n) is 17.1. The Kier molecular flexibility index (Phi) is 8.57. The Hall–Kier alpha value is -2.48. The number of nitrogens with one attached hydrogen (secondary N) is 1. The van der Waals surface area contributed by atoms with Gasteiger partial charge in [-0.25, -0.2) is 14.4 Å². The molecule has 0 aliphatic carbocycles. The summed E-state index contributed by atoms with van der Waals surface area (Å²) < 4.78 is 18.1. The van der Waals surface area contributed by atoms with Crippen molar-refractivity contribution in [3.63, 3.8) is 0 Å². The van der Waals surface area contributed by atoms with Crippen molar-refractivity contribution in [2.75, 3.05) is 12.8 Å². The number of amides is 1. The number of esters is 1. The van der Waals surface area contributed by atoms with Gasteiger partial charge in [0, 0.05) is 24.4 Å². The summed E-state index contributed by atoms with van der Waals surface area (Å²) in [4.78, 5) is 33.0. The van der Waals surface area contributed by atoms with Crippen LogP contribution in [0.25, 0.3) is 0 Å². The molecule has 0 saturated heterocycles. The topological polar surface area (TPSA) is 81.2 Å². The lowest BCUT2D eigenvalue weighted by atomic mass is 10.1. The zero-order chi connectivity index (χ0) is 21.4. The number of ether oxygens (including phenoxy) is 1. The molecule has 0 saturated carbocycles. The average molecular weight is 420 g/mol. The molecule has 0 unspecified atom stereocenters. The van der Waals surface area contributed by atoms with E-state index in [0.717, 1.165) is 22.5 Å². The van der Waals surface area contributed by atoms with Gasteiger partial charge in [-0.05, 0) is 63.1 Å². The first kappa shape index (κ1) is 22.8. The quantitative estimate of drug-likeness (QED) is 0.382. The van der Waals surface area contributed by atoms with E-state index < -0.39 is 12.1 Å². The smallest absolute Gasteiger partial charge is 0.306 e. The molecule has 1 aromatic carbocycles. The number of carbonyl (C=O) groups is 2. The highest BCUT2D eigenvalue weighted by Crippen LogP contribution is 2.17. The fraction of sp³-hybridized carbons (Fsp3) is 0.429. The molecule has 1 atom stereocenters. The lowest BCUT2D eigenvalue weighted by Gasteiger charge is -2.14. The third-order valence-corrected chi connectivity index (χ3v) is 5.01. The molecule has 0 radical (unpaired) electrons. The van der Waals surface area contributed by atoms with Crippen molar-refractivity contribution < 1.29 is 18.7 Å². The number of benzene rings is 1. The maximum atomic E-state index is 12.9. The summed E-state index contributed by atoms with van der Waals surface area (Å²) in [5, 5.41) is 3.43. The number of carbonyl (C=O) groups excluding carboxylic acids is 2. The Morgan fingerprint density at radius 1 is 1.14 bits per heavy atom. The Morgan fingerprint density at radius 2 is 1.76 bits per heavy atom. The van der Waals surface area contributed by atoms with Crippen LogP contribution >= 0.6 is 11.8 Å². The van der Waals surface area contributed by atoms with Crippen LogP contribution in [0.2, 0.25) is 0 Å². The fourth-order valence-corrected chi connectivity index (χ4v) is 3.28. The molecule has 0 bridgehead atoms. The van der Waals surface area contributed by atoms with Gasteiger partial charge in [0.1, 0.15) is 5.82 Å². The summed E-state index contributed by atoms with van der Waals surface area (Å²) in [5.74, 6) is -1.10. The minimum absolute atomic E-state index is 0.150. The van der Waals surface area contributed by atoms with Gasteiger partial charge in [0.15, 0.2) is 11.3 Å². The van der Waals surface area contributed by atoms with Crippen molar-refractivity contribution in [1.29, 1.82) is 0 Å². The lowest BCUT2D eigenvalue weighted by Crippen LogP contribution is -2.37. The Labute approximate surface area is 174 Å². The van der Waals surface area contributed by atoms with E-state index in [9.17, 15) is 14.0 Å². The van der Waals surface area contributed by atoms with Crippen LogP contribution in [0.1, 0.15) is 35.9 Å². The van der Waals surface area contributed by atoms with Crippen molar-refractivity contribution in [2.45, 2.75) is 51.3 Å². The molecule has 1 N–H and O–H groups in total. The Morgan fingerprint density at radius 3 is 2.34 bits per heavy atom. The predicted molar refractivity (Wildman–Crippen MR) is 110 cm³/mol. The van der Waals surface area contributed by atoms with Crippen molar-refractivity contribution in [2.24, 2.45) is 0 Å². The Balaban J connectivity index is 1.76. The third kappa shape index (κ3) is 7.12. The highest BCUT2D eigenvalue weighted by atomic mass is 32.2. The number of nitrogens with zero attached hydrogens (tertiary/aromatic N) is 2. The zero-order valence-corrected chi connectivity index (χ0v) is 17.9. The Bertz CT molecular complexity index is 836. The predicted octanol–water partition coefficient (Wildman–Crippen LogP) is 3.18. The second kappa shape index (κ2) is 10.9. The van der Waals surface area contributed by atoms with Crippen LogP contribution in [0.5, 0.6) is 0 Å². The van der Waals surface area contributed by atoms with Crippen LogP contribution in [0.15, 0.2) is 29.4 Å². The summed E-state index contributed by atoms with van der Waals surface area (Å²) in [6.45, 7) is 5.71. The van der Waals surface area contributed by atoms with Crippen molar-refractivity contribution in [3.8, 4) is 0 Å². The van der Waals surface area contributed by atoms with E-state index in [-0.39, 0.29) is 18.1 Å². The minimum Gasteiger partial charge on any atom is -0.453 e. The molecule has 1 aromatic heterocycles. The molecule has 0 fully saturated rings. The fourth-order valence-electron chi connectivity index (χ4n) is 2.82. The molecular formula is C21H26FN3O3S. The number of hydrogen-bond acceptors (Lipinski definition) is 6. The van der Waals surface area contributed by atoms with Crippen LogP contribution in [0, 0.1) is 19.7 Å². The number of thioether (sulfide) groups is 1. The van der Waals surface area contributed by atoms with Crippen molar-refractivity contribution in [1.82, 2.24) is 15.3 Å². The first-order valence-electron chi connectivity index (χ1n) is 9.40.